The summed E-state index contributed by atoms with van der Waals surface area (Å²) in [5.74, 6) is -1.77. The van der Waals surface area contributed by atoms with E-state index >= 15 is 0 Å². The largest absolute Gasteiger partial charge is 0.478 e. The fourth-order valence-electron chi connectivity index (χ4n) is 1.64. The molecule has 8 heteroatoms. The monoisotopic (exact) mass is 314 g/mol. The Morgan fingerprint density at radius 1 is 1.29 bits per heavy atom. The lowest BCUT2D eigenvalue weighted by atomic mass is 10.2. The average Bonchev–Trinajstić information content (AvgIpc) is 2.44. The van der Waals surface area contributed by atoms with Crippen molar-refractivity contribution in [2.24, 2.45) is 0 Å². The average molecular weight is 314 g/mol. The number of likely N-dealkylation sites (N-methyl/N-ethyl adjacent to an activating group) is 1. The molecule has 116 valence electrons. The summed E-state index contributed by atoms with van der Waals surface area (Å²) in [6, 6.07) is 5.29. The van der Waals surface area contributed by atoms with E-state index in [0.717, 1.165) is 10.7 Å². The molecule has 7 nitrogen and oxygen atoms in total. The van der Waals surface area contributed by atoms with Crippen LogP contribution < -0.4 is 5.32 Å². The number of benzene rings is 1. The SMILES string of the molecule is CCCNC(=O)CN(C)S(=O)(=O)c1ccccc1C(=O)O. The van der Waals surface area contributed by atoms with Crippen molar-refractivity contribution in [1.82, 2.24) is 9.62 Å². The zero-order valence-corrected chi connectivity index (χ0v) is 12.7. The van der Waals surface area contributed by atoms with Crippen molar-refractivity contribution in [3.63, 3.8) is 0 Å². The molecule has 0 spiro atoms. The predicted octanol–water partition coefficient (Wildman–Crippen LogP) is 0.531. The Labute approximate surface area is 123 Å². The van der Waals surface area contributed by atoms with Crippen LogP contribution in [0.25, 0.3) is 0 Å². The Balaban J connectivity index is 3.01. The Kier molecular flexibility index (Phi) is 5.86. The van der Waals surface area contributed by atoms with Crippen LogP contribution in [0.3, 0.4) is 0 Å². The lowest BCUT2D eigenvalue weighted by molar-refractivity contribution is -0.121. The molecule has 0 atom stereocenters. The molecule has 0 heterocycles. The first kappa shape index (κ1) is 17.1. The van der Waals surface area contributed by atoms with Crippen LogP contribution in [0.15, 0.2) is 29.2 Å². The van der Waals surface area contributed by atoms with E-state index in [2.05, 4.69) is 5.32 Å². The third-order valence-corrected chi connectivity index (χ3v) is 4.61. The second-order valence-electron chi connectivity index (χ2n) is 4.41. The topological polar surface area (TPSA) is 104 Å². The van der Waals surface area contributed by atoms with Gasteiger partial charge in [0.15, 0.2) is 0 Å². The van der Waals surface area contributed by atoms with Gasteiger partial charge in [0.25, 0.3) is 0 Å². The van der Waals surface area contributed by atoms with Gasteiger partial charge in [-0.1, -0.05) is 19.1 Å². The number of nitrogens with zero attached hydrogens (tertiary/aromatic N) is 1. The Hall–Kier alpha value is -1.93. The second kappa shape index (κ2) is 7.19. The highest BCUT2D eigenvalue weighted by Crippen LogP contribution is 2.19. The van der Waals surface area contributed by atoms with Crippen LogP contribution in [0, 0.1) is 0 Å². The smallest absolute Gasteiger partial charge is 0.337 e. The van der Waals surface area contributed by atoms with Crippen LogP contribution in [0.2, 0.25) is 0 Å². The number of nitrogens with one attached hydrogen (secondary N) is 1. The van der Waals surface area contributed by atoms with Crippen molar-refractivity contribution < 1.29 is 23.1 Å². The maximum Gasteiger partial charge on any atom is 0.337 e. The minimum atomic E-state index is -4.04. The van der Waals surface area contributed by atoms with Crippen molar-refractivity contribution in [3.8, 4) is 0 Å². The number of carboxylic acid groups (broad SMARTS) is 1. The number of hydrogen-bond acceptors (Lipinski definition) is 4. The minimum absolute atomic E-state index is 0.321. The summed E-state index contributed by atoms with van der Waals surface area (Å²) in [6.45, 7) is 1.97. The lowest BCUT2D eigenvalue weighted by Gasteiger charge is -2.18. The van der Waals surface area contributed by atoms with Gasteiger partial charge in [-0.3, -0.25) is 4.79 Å². The molecule has 0 aromatic heterocycles. The Morgan fingerprint density at radius 3 is 2.48 bits per heavy atom. The predicted molar refractivity (Wildman–Crippen MR) is 76.5 cm³/mol. The molecule has 21 heavy (non-hydrogen) atoms. The van der Waals surface area contributed by atoms with Crippen LogP contribution >= 0.6 is 0 Å². The zero-order chi connectivity index (χ0) is 16.0. The van der Waals surface area contributed by atoms with Crippen molar-refractivity contribution in [1.29, 1.82) is 0 Å². The zero-order valence-electron chi connectivity index (χ0n) is 11.9. The standard InChI is InChI=1S/C13H18N2O5S/c1-3-8-14-12(16)9-15(2)21(19,20)11-7-5-4-6-10(11)13(17)18/h4-7H,3,8-9H2,1-2H3,(H,14,16)(H,17,18). The fraction of sp³-hybridized carbons (Fsp3) is 0.385. The van der Waals surface area contributed by atoms with E-state index in [0.29, 0.717) is 6.54 Å². The van der Waals surface area contributed by atoms with Gasteiger partial charge in [0.05, 0.1) is 17.0 Å². The molecule has 2 N–H and O–H groups in total. The molecule has 1 rings (SSSR count). The van der Waals surface area contributed by atoms with E-state index in [9.17, 15) is 18.0 Å². The molecular weight excluding hydrogens is 296 g/mol. The van der Waals surface area contributed by atoms with Crippen molar-refractivity contribution in [2.75, 3.05) is 20.1 Å². The quantitative estimate of drug-likeness (QED) is 0.764. The summed E-state index contributed by atoms with van der Waals surface area (Å²) < 4.78 is 25.5. The van der Waals surface area contributed by atoms with Gasteiger partial charge in [-0.15, -0.1) is 0 Å². The van der Waals surface area contributed by atoms with Crippen LogP contribution in [-0.2, 0) is 14.8 Å². The van der Waals surface area contributed by atoms with E-state index in [4.69, 9.17) is 5.11 Å². The van der Waals surface area contributed by atoms with Crippen molar-refractivity contribution in [2.45, 2.75) is 18.2 Å². The molecule has 0 aliphatic carbocycles. The molecule has 1 aromatic carbocycles. The number of hydrogen-bond donors (Lipinski definition) is 2. The number of amides is 1. The van der Waals surface area contributed by atoms with Gasteiger partial charge in [-0.05, 0) is 18.6 Å². The van der Waals surface area contributed by atoms with Crippen LogP contribution in [0.5, 0.6) is 0 Å². The van der Waals surface area contributed by atoms with Crippen LogP contribution in [-0.4, -0.2) is 49.8 Å². The van der Waals surface area contributed by atoms with Gasteiger partial charge >= 0.3 is 5.97 Å². The molecule has 1 aromatic rings. The molecule has 0 saturated carbocycles. The summed E-state index contributed by atoms with van der Waals surface area (Å²) in [5, 5.41) is 11.6. The van der Waals surface area contributed by atoms with Crippen molar-refractivity contribution in [3.05, 3.63) is 29.8 Å². The number of carbonyl (C=O) groups is 2. The number of rotatable bonds is 7. The van der Waals surface area contributed by atoms with E-state index in [1.807, 2.05) is 6.92 Å². The van der Waals surface area contributed by atoms with Gasteiger partial charge in [0.1, 0.15) is 0 Å². The van der Waals surface area contributed by atoms with E-state index in [-0.39, 0.29) is 17.0 Å². The first-order chi connectivity index (χ1) is 9.80. The number of carbonyl (C=O) groups excluding carboxylic acids is 1. The molecule has 0 unspecified atom stereocenters. The maximum absolute atomic E-state index is 12.3. The fourth-order valence-corrected chi connectivity index (χ4v) is 2.95. The number of sulfonamides is 1. The van der Waals surface area contributed by atoms with E-state index in [1.54, 1.807) is 0 Å². The Morgan fingerprint density at radius 2 is 1.90 bits per heavy atom. The summed E-state index contributed by atoms with van der Waals surface area (Å²) in [6.07, 6.45) is 0.740. The second-order valence-corrected chi connectivity index (χ2v) is 6.43. The Bertz CT molecular complexity index is 627. The number of aromatic carboxylic acids is 1. The van der Waals surface area contributed by atoms with Gasteiger partial charge in [0.2, 0.25) is 15.9 Å². The summed E-state index contributed by atoms with van der Waals surface area (Å²) in [5.41, 5.74) is -0.321. The minimum Gasteiger partial charge on any atom is -0.478 e. The summed E-state index contributed by atoms with van der Waals surface area (Å²) >= 11 is 0. The summed E-state index contributed by atoms with van der Waals surface area (Å²) in [7, 11) is -2.81. The van der Waals surface area contributed by atoms with E-state index in [1.165, 1.54) is 31.3 Å². The molecule has 0 aliphatic rings. The third kappa shape index (κ3) is 4.27. The maximum atomic E-state index is 12.3. The van der Waals surface area contributed by atoms with Gasteiger partial charge < -0.3 is 10.4 Å². The molecule has 0 radical (unpaired) electrons. The molecule has 1 amide bonds. The molecular formula is C13H18N2O5S. The highest BCUT2D eigenvalue weighted by Gasteiger charge is 2.27. The molecule has 0 fully saturated rings. The van der Waals surface area contributed by atoms with Gasteiger partial charge in [0, 0.05) is 13.6 Å². The number of carboxylic acids is 1. The van der Waals surface area contributed by atoms with Gasteiger partial charge in [-0.2, -0.15) is 4.31 Å². The molecule has 0 aliphatic heterocycles. The van der Waals surface area contributed by atoms with Crippen LogP contribution in [0.4, 0.5) is 0 Å². The first-order valence-electron chi connectivity index (χ1n) is 6.36. The lowest BCUT2D eigenvalue weighted by Crippen LogP contribution is -2.39. The van der Waals surface area contributed by atoms with Crippen molar-refractivity contribution >= 4 is 21.9 Å². The van der Waals surface area contributed by atoms with E-state index < -0.39 is 21.9 Å². The first-order valence-corrected chi connectivity index (χ1v) is 7.80. The summed E-state index contributed by atoms with van der Waals surface area (Å²) in [4.78, 5) is 22.3. The molecule has 0 bridgehead atoms. The molecule has 0 saturated heterocycles. The highest BCUT2D eigenvalue weighted by molar-refractivity contribution is 7.89. The normalized spacial score (nSPS) is 11.4. The van der Waals surface area contributed by atoms with Crippen LogP contribution in [0.1, 0.15) is 23.7 Å². The third-order valence-electron chi connectivity index (χ3n) is 2.74. The highest BCUT2D eigenvalue weighted by atomic mass is 32.2. The van der Waals surface area contributed by atoms with Gasteiger partial charge in [-0.25, -0.2) is 13.2 Å².